The summed E-state index contributed by atoms with van der Waals surface area (Å²) >= 11 is 0. The van der Waals surface area contributed by atoms with Crippen LogP contribution in [0.5, 0.6) is 0 Å². The first-order valence-corrected chi connectivity index (χ1v) is 7.36. The first-order chi connectivity index (χ1) is 10.1. The van der Waals surface area contributed by atoms with Crippen molar-refractivity contribution in [1.29, 1.82) is 0 Å². The Morgan fingerprint density at radius 2 is 1.62 bits per heavy atom. The molecule has 0 heterocycles. The zero-order chi connectivity index (χ0) is 15.2. The largest absolute Gasteiger partial charge is 0.326 e. The summed E-state index contributed by atoms with van der Waals surface area (Å²) in [5, 5.41) is 0. The third-order valence-electron chi connectivity index (χ3n) is 3.71. The molecule has 0 amide bonds. The van der Waals surface area contributed by atoms with Crippen molar-refractivity contribution < 1.29 is 4.39 Å². The Morgan fingerprint density at radius 3 is 2.24 bits per heavy atom. The number of nitrogens with two attached hydrogens (primary N) is 1. The predicted octanol–water partition coefficient (Wildman–Crippen LogP) is 3.48. The van der Waals surface area contributed by atoms with Gasteiger partial charge in [0, 0.05) is 19.6 Å². The second kappa shape index (κ2) is 7.34. The number of rotatable bonds is 6. The summed E-state index contributed by atoms with van der Waals surface area (Å²) in [5.41, 5.74) is 10.3. The van der Waals surface area contributed by atoms with Gasteiger partial charge in [-0.15, -0.1) is 0 Å². The molecule has 0 saturated carbocycles. The highest BCUT2D eigenvalue weighted by molar-refractivity contribution is 5.28. The average molecular weight is 286 g/mol. The molecule has 0 aliphatic rings. The van der Waals surface area contributed by atoms with E-state index in [4.69, 9.17) is 5.73 Å². The van der Waals surface area contributed by atoms with E-state index in [0.29, 0.717) is 13.1 Å². The fourth-order valence-corrected chi connectivity index (χ4v) is 2.48. The Balaban J connectivity index is 2.03. The van der Waals surface area contributed by atoms with Crippen molar-refractivity contribution in [2.45, 2.75) is 33.0 Å². The summed E-state index contributed by atoms with van der Waals surface area (Å²) < 4.78 is 13.4. The summed E-state index contributed by atoms with van der Waals surface area (Å²) in [4.78, 5) is 2.18. The first-order valence-electron chi connectivity index (χ1n) is 7.36. The number of aryl methyl sites for hydroxylation is 1. The second-order valence-corrected chi connectivity index (χ2v) is 5.46. The molecule has 0 aliphatic carbocycles. The summed E-state index contributed by atoms with van der Waals surface area (Å²) in [5.74, 6) is -0.206. The third kappa shape index (κ3) is 4.38. The molecule has 0 spiro atoms. The maximum atomic E-state index is 13.4. The maximum absolute atomic E-state index is 13.4. The van der Waals surface area contributed by atoms with E-state index in [1.165, 1.54) is 17.2 Å². The number of hydrogen-bond donors (Lipinski definition) is 1. The summed E-state index contributed by atoms with van der Waals surface area (Å²) in [6.07, 6.45) is 1.05. The van der Waals surface area contributed by atoms with Crippen molar-refractivity contribution in [3.05, 3.63) is 70.5 Å². The molecular weight excluding hydrogens is 263 g/mol. The van der Waals surface area contributed by atoms with Crippen molar-refractivity contribution >= 4 is 0 Å². The van der Waals surface area contributed by atoms with Gasteiger partial charge in [-0.25, -0.2) is 4.39 Å². The van der Waals surface area contributed by atoms with Gasteiger partial charge in [0.2, 0.25) is 0 Å². The SMILES string of the molecule is CCc1ccc(CN(C)Cc2cc(F)ccc2CN)cc1. The monoisotopic (exact) mass is 286 g/mol. The van der Waals surface area contributed by atoms with Crippen molar-refractivity contribution in [2.75, 3.05) is 7.05 Å². The Labute approximate surface area is 126 Å². The van der Waals surface area contributed by atoms with E-state index in [-0.39, 0.29) is 5.82 Å². The molecule has 21 heavy (non-hydrogen) atoms. The summed E-state index contributed by atoms with van der Waals surface area (Å²) in [6.45, 7) is 4.12. The molecule has 3 heteroatoms. The van der Waals surface area contributed by atoms with E-state index in [2.05, 4.69) is 36.1 Å². The number of hydrogen-bond acceptors (Lipinski definition) is 2. The van der Waals surface area contributed by atoms with Crippen LogP contribution in [0, 0.1) is 5.82 Å². The minimum absolute atomic E-state index is 0.206. The van der Waals surface area contributed by atoms with Gasteiger partial charge in [0.25, 0.3) is 0 Å². The topological polar surface area (TPSA) is 29.3 Å². The van der Waals surface area contributed by atoms with E-state index in [0.717, 1.165) is 24.1 Å². The van der Waals surface area contributed by atoms with E-state index in [1.54, 1.807) is 12.1 Å². The van der Waals surface area contributed by atoms with Gasteiger partial charge in [0.15, 0.2) is 0 Å². The average Bonchev–Trinajstić information content (AvgIpc) is 2.48. The molecule has 0 unspecified atom stereocenters. The number of halogens is 1. The fourth-order valence-electron chi connectivity index (χ4n) is 2.48. The molecule has 2 rings (SSSR count). The van der Waals surface area contributed by atoms with Crippen LogP contribution in [-0.2, 0) is 26.1 Å². The first kappa shape index (κ1) is 15.7. The van der Waals surface area contributed by atoms with Crippen LogP contribution in [0.4, 0.5) is 4.39 Å². The predicted molar refractivity (Wildman–Crippen MR) is 85.3 cm³/mol. The minimum Gasteiger partial charge on any atom is -0.326 e. The van der Waals surface area contributed by atoms with Gasteiger partial charge in [-0.3, -0.25) is 4.90 Å². The van der Waals surface area contributed by atoms with Crippen LogP contribution < -0.4 is 5.73 Å². The zero-order valence-electron chi connectivity index (χ0n) is 12.8. The highest BCUT2D eigenvalue weighted by atomic mass is 19.1. The number of benzene rings is 2. The van der Waals surface area contributed by atoms with E-state index in [1.807, 2.05) is 7.05 Å². The molecule has 2 aromatic rings. The molecule has 2 nitrogen and oxygen atoms in total. The summed E-state index contributed by atoms with van der Waals surface area (Å²) in [6, 6.07) is 13.5. The molecule has 112 valence electrons. The van der Waals surface area contributed by atoms with E-state index < -0.39 is 0 Å². The van der Waals surface area contributed by atoms with Crippen molar-refractivity contribution in [1.82, 2.24) is 4.90 Å². The Bertz CT molecular complexity index is 578. The molecule has 0 saturated heterocycles. The van der Waals surface area contributed by atoms with Gasteiger partial charge >= 0.3 is 0 Å². The van der Waals surface area contributed by atoms with Gasteiger partial charge in [0.1, 0.15) is 5.82 Å². The standard InChI is InChI=1S/C18H23FN2/c1-3-14-4-6-15(7-5-14)12-21(2)13-17-10-18(19)9-8-16(17)11-20/h4-10H,3,11-13,20H2,1-2H3. The lowest BCUT2D eigenvalue weighted by atomic mass is 10.1. The molecule has 0 atom stereocenters. The second-order valence-electron chi connectivity index (χ2n) is 5.46. The van der Waals surface area contributed by atoms with Crippen LogP contribution in [0.3, 0.4) is 0 Å². The van der Waals surface area contributed by atoms with Crippen LogP contribution in [0.2, 0.25) is 0 Å². The quantitative estimate of drug-likeness (QED) is 0.881. The van der Waals surface area contributed by atoms with Crippen molar-refractivity contribution in [2.24, 2.45) is 5.73 Å². The Hall–Kier alpha value is -1.71. The van der Waals surface area contributed by atoms with Crippen LogP contribution in [-0.4, -0.2) is 11.9 Å². The van der Waals surface area contributed by atoms with Gasteiger partial charge < -0.3 is 5.73 Å². The van der Waals surface area contributed by atoms with Crippen LogP contribution in [0.15, 0.2) is 42.5 Å². The van der Waals surface area contributed by atoms with E-state index in [9.17, 15) is 4.39 Å². The highest BCUT2D eigenvalue weighted by Crippen LogP contribution is 2.15. The van der Waals surface area contributed by atoms with Crippen molar-refractivity contribution in [3.63, 3.8) is 0 Å². The zero-order valence-corrected chi connectivity index (χ0v) is 12.8. The lowest BCUT2D eigenvalue weighted by molar-refractivity contribution is 0.317. The molecule has 0 aromatic heterocycles. The van der Waals surface area contributed by atoms with Crippen molar-refractivity contribution in [3.8, 4) is 0 Å². The fraction of sp³-hybridized carbons (Fsp3) is 0.333. The van der Waals surface area contributed by atoms with Crippen LogP contribution >= 0.6 is 0 Å². The smallest absolute Gasteiger partial charge is 0.123 e. The Morgan fingerprint density at radius 1 is 0.952 bits per heavy atom. The van der Waals surface area contributed by atoms with Crippen LogP contribution in [0.25, 0.3) is 0 Å². The number of nitrogens with zero attached hydrogens (tertiary/aromatic N) is 1. The third-order valence-corrected chi connectivity index (χ3v) is 3.71. The highest BCUT2D eigenvalue weighted by Gasteiger charge is 2.07. The molecule has 2 aromatic carbocycles. The summed E-state index contributed by atoms with van der Waals surface area (Å²) in [7, 11) is 2.04. The van der Waals surface area contributed by atoms with Gasteiger partial charge in [0.05, 0.1) is 0 Å². The van der Waals surface area contributed by atoms with Gasteiger partial charge in [-0.05, 0) is 47.9 Å². The van der Waals surface area contributed by atoms with Gasteiger partial charge in [-0.1, -0.05) is 37.3 Å². The normalized spacial score (nSPS) is 11.1. The molecule has 0 radical (unpaired) electrons. The van der Waals surface area contributed by atoms with Crippen LogP contribution in [0.1, 0.15) is 29.2 Å². The maximum Gasteiger partial charge on any atom is 0.123 e. The molecule has 0 aliphatic heterocycles. The molecular formula is C18H23FN2. The van der Waals surface area contributed by atoms with E-state index >= 15 is 0 Å². The minimum atomic E-state index is -0.206. The lowest BCUT2D eigenvalue weighted by Gasteiger charge is -2.19. The molecule has 0 bridgehead atoms. The molecule has 0 fully saturated rings. The van der Waals surface area contributed by atoms with Gasteiger partial charge in [-0.2, -0.15) is 0 Å². The molecule has 2 N–H and O–H groups in total. The Kier molecular flexibility index (Phi) is 5.48. The lowest BCUT2D eigenvalue weighted by Crippen LogP contribution is -2.19.